The van der Waals surface area contributed by atoms with Crippen molar-refractivity contribution in [3.8, 4) is 0 Å². The lowest BCUT2D eigenvalue weighted by Gasteiger charge is -2.39. The van der Waals surface area contributed by atoms with E-state index < -0.39 is 30.7 Å². The molecule has 4 rings (SSSR count). The number of nitrogens with zero attached hydrogens (tertiary/aromatic N) is 3. The fraction of sp³-hybridized carbons (Fsp3) is 0.389. The van der Waals surface area contributed by atoms with E-state index in [1.54, 1.807) is 0 Å². The standard InChI is InChI=1S/C14H11F3N4O.C4H9NO.HI.2H2/c15-9-2-1-3-10(4-9)20-13(22)11-5-19-12(6-18-11)21-7-14(16,17)8-21;1-3-6-4-2-5-1;;;/h1-6H,7-8H2,(H,20,22);5H,1-4H2;3*1H. The van der Waals surface area contributed by atoms with Crippen LogP contribution in [-0.2, 0) is 4.74 Å². The van der Waals surface area contributed by atoms with Crippen molar-refractivity contribution in [1.29, 1.82) is 0 Å². The van der Waals surface area contributed by atoms with Crippen molar-refractivity contribution in [1.82, 2.24) is 15.3 Å². The molecular formula is C18H25F3IN5O2. The lowest BCUT2D eigenvalue weighted by molar-refractivity contribution is -0.0267. The topological polar surface area (TPSA) is 79.4 Å². The van der Waals surface area contributed by atoms with Crippen molar-refractivity contribution in [3.05, 3.63) is 48.2 Å². The molecule has 7 nitrogen and oxygen atoms in total. The molecule has 11 heteroatoms. The first-order chi connectivity index (χ1) is 13.4. The molecule has 162 valence electrons. The third kappa shape index (κ3) is 7.08. The van der Waals surface area contributed by atoms with Gasteiger partial charge >= 0.3 is 0 Å². The van der Waals surface area contributed by atoms with Crippen LogP contribution in [0.25, 0.3) is 0 Å². The van der Waals surface area contributed by atoms with Gasteiger partial charge in [-0.1, -0.05) is 6.07 Å². The van der Waals surface area contributed by atoms with E-state index in [0.29, 0.717) is 5.69 Å². The average molecular weight is 527 g/mol. The fourth-order valence-electron chi connectivity index (χ4n) is 2.55. The summed E-state index contributed by atoms with van der Waals surface area (Å²) in [6, 6.07) is 5.42. The predicted octanol–water partition coefficient (Wildman–Crippen LogP) is 3.04. The van der Waals surface area contributed by atoms with Gasteiger partial charge in [0.25, 0.3) is 11.8 Å². The number of alkyl halides is 2. The molecule has 29 heavy (non-hydrogen) atoms. The molecule has 1 aromatic carbocycles. The van der Waals surface area contributed by atoms with Gasteiger partial charge in [0.15, 0.2) is 0 Å². The zero-order valence-corrected chi connectivity index (χ0v) is 17.7. The molecule has 3 heterocycles. The van der Waals surface area contributed by atoms with Crippen molar-refractivity contribution in [2.75, 3.05) is 49.6 Å². The molecule has 0 saturated carbocycles. The molecule has 2 saturated heterocycles. The van der Waals surface area contributed by atoms with Crippen molar-refractivity contribution >= 4 is 41.4 Å². The first kappa shape index (κ1) is 23.3. The number of aromatic nitrogens is 2. The van der Waals surface area contributed by atoms with Crippen molar-refractivity contribution < 1.29 is 25.6 Å². The van der Waals surface area contributed by atoms with Crippen LogP contribution >= 0.6 is 24.0 Å². The number of carbonyl (C=O) groups excluding carboxylic acids is 1. The normalized spacial score (nSPS) is 17.1. The molecule has 2 aromatic rings. The molecule has 1 aromatic heterocycles. The van der Waals surface area contributed by atoms with E-state index in [4.69, 9.17) is 4.74 Å². The summed E-state index contributed by atoms with van der Waals surface area (Å²) in [5.41, 5.74) is 0.304. The van der Waals surface area contributed by atoms with E-state index in [2.05, 4.69) is 20.6 Å². The third-order valence-electron chi connectivity index (χ3n) is 3.97. The third-order valence-corrected chi connectivity index (χ3v) is 3.97. The smallest absolute Gasteiger partial charge is 0.282 e. The molecule has 2 N–H and O–H groups in total. The summed E-state index contributed by atoms with van der Waals surface area (Å²) >= 11 is 0. The van der Waals surface area contributed by atoms with E-state index in [0.717, 1.165) is 26.3 Å². The van der Waals surface area contributed by atoms with E-state index >= 15 is 0 Å². The number of anilines is 2. The summed E-state index contributed by atoms with van der Waals surface area (Å²) in [7, 11) is 0. The van der Waals surface area contributed by atoms with Gasteiger partial charge in [-0.25, -0.2) is 23.1 Å². The zero-order chi connectivity index (χ0) is 20.0. The Balaban J connectivity index is 0.000000872. The minimum atomic E-state index is -2.70. The number of hydrogen-bond acceptors (Lipinski definition) is 6. The maximum atomic E-state index is 13.0. The summed E-state index contributed by atoms with van der Waals surface area (Å²) < 4.78 is 43.6. The minimum absolute atomic E-state index is 0. The molecule has 0 bridgehead atoms. The van der Waals surface area contributed by atoms with Crippen LogP contribution in [0.15, 0.2) is 36.7 Å². The molecule has 2 aliphatic rings. The summed E-state index contributed by atoms with van der Waals surface area (Å²) in [5, 5.41) is 5.63. The van der Waals surface area contributed by atoms with Gasteiger partial charge in [0.2, 0.25) is 0 Å². The first-order valence-corrected chi connectivity index (χ1v) is 8.73. The van der Waals surface area contributed by atoms with Gasteiger partial charge in [0.1, 0.15) is 17.3 Å². The van der Waals surface area contributed by atoms with Crippen LogP contribution in [0, 0.1) is 5.82 Å². The number of ether oxygens (including phenoxy) is 1. The van der Waals surface area contributed by atoms with Crippen molar-refractivity contribution in [2.24, 2.45) is 0 Å². The molecule has 0 spiro atoms. The van der Waals surface area contributed by atoms with Crippen LogP contribution in [0.3, 0.4) is 0 Å². The predicted molar refractivity (Wildman–Crippen MR) is 117 cm³/mol. The Morgan fingerprint density at radius 3 is 2.41 bits per heavy atom. The van der Waals surface area contributed by atoms with Crippen LogP contribution in [0.2, 0.25) is 0 Å². The lowest BCUT2D eigenvalue weighted by atomic mass is 10.1. The number of benzene rings is 1. The molecule has 2 fully saturated rings. The fourth-order valence-corrected chi connectivity index (χ4v) is 2.55. The van der Waals surface area contributed by atoms with Gasteiger partial charge in [-0.15, -0.1) is 24.0 Å². The number of nitrogens with one attached hydrogen (secondary N) is 2. The molecule has 0 radical (unpaired) electrons. The van der Waals surface area contributed by atoms with Gasteiger partial charge in [0, 0.05) is 21.6 Å². The van der Waals surface area contributed by atoms with E-state index in [1.165, 1.54) is 41.6 Å². The van der Waals surface area contributed by atoms with Gasteiger partial charge in [0.05, 0.1) is 38.7 Å². The van der Waals surface area contributed by atoms with E-state index in [1.807, 2.05) is 0 Å². The minimum Gasteiger partial charge on any atom is -0.379 e. The molecule has 0 unspecified atom stereocenters. The number of carbonyl (C=O) groups is 1. The highest BCUT2D eigenvalue weighted by Crippen LogP contribution is 2.29. The first-order valence-electron chi connectivity index (χ1n) is 8.73. The van der Waals surface area contributed by atoms with Crippen LogP contribution < -0.4 is 15.5 Å². The number of hydrogen-bond donors (Lipinski definition) is 2. The zero-order valence-electron chi connectivity index (χ0n) is 15.4. The lowest BCUT2D eigenvalue weighted by Crippen LogP contribution is -2.56. The number of morpholine rings is 1. The summed E-state index contributed by atoms with van der Waals surface area (Å²) in [5.74, 6) is -3.44. The Bertz CT molecular complexity index is 798. The summed E-state index contributed by atoms with van der Waals surface area (Å²) in [4.78, 5) is 21.1. The highest BCUT2D eigenvalue weighted by molar-refractivity contribution is 14.0. The van der Waals surface area contributed by atoms with Gasteiger partial charge in [-0.3, -0.25) is 4.79 Å². The molecule has 2 aliphatic heterocycles. The van der Waals surface area contributed by atoms with Crippen molar-refractivity contribution in [3.63, 3.8) is 0 Å². The Kier molecular flexibility index (Phi) is 8.59. The molecule has 1 amide bonds. The number of rotatable bonds is 3. The van der Waals surface area contributed by atoms with Gasteiger partial charge < -0.3 is 20.3 Å². The second-order valence-corrected chi connectivity index (χ2v) is 6.30. The van der Waals surface area contributed by atoms with Crippen LogP contribution in [0.4, 0.5) is 24.7 Å². The highest BCUT2D eigenvalue weighted by atomic mass is 127. The van der Waals surface area contributed by atoms with Gasteiger partial charge in [-0.05, 0) is 18.2 Å². The van der Waals surface area contributed by atoms with Crippen LogP contribution in [0.1, 0.15) is 13.3 Å². The van der Waals surface area contributed by atoms with Crippen LogP contribution in [-0.4, -0.2) is 61.2 Å². The van der Waals surface area contributed by atoms with E-state index in [9.17, 15) is 18.0 Å². The maximum absolute atomic E-state index is 13.0. The SMILES string of the molecule is C1COCCN1.I.O=C(Nc1cccc(F)c1)c1cnc(N2CC(F)(F)C2)cn1.[HH].[HH]. The summed E-state index contributed by atoms with van der Waals surface area (Å²) in [6.45, 7) is 3.02. The highest BCUT2D eigenvalue weighted by Gasteiger charge is 2.44. The largest absolute Gasteiger partial charge is 0.379 e. The van der Waals surface area contributed by atoms with Gasteiger partial charge in [-0.2, -0.15) is 0 Å². The van der Waals surface area contributed by atoms with E-state index in [-0.39, 0.29) is 38.3 Å². The molecule has 0 atom stereocenters. The second kappa shape index (κ2) is 10.7. The summed E-state index contributed by atoms with van der Waals surface area (Å²) in [6.07, 6.45) is 2.45. The second-order valence-electron chi connectivity index (χ2n) is 6.30. The average Bonchev–Trinajstić information content (AvgIpc) is 2.68. The Morgan fingerprint density at radius 2 is 1.93 bits per heavy atom. The number of halogens is 4. The number of amides is 1. The quantitative estimate of drug-likeness (QED) is 0.598. The molecule has 0 aliphatic carbocycles. The maximum Gasteiger partial charge on any atom is 0.282 e. The molecular weight excluding hydrogens is 502 g/mol. The Labute approximate surface area is 186 Å². The Morgan fingerprint density at radius 1 is 1.21 bits per heavy atom. The monoisotopic (exact) mass is 527 g/mol. The van der Waals surface area contributed by atoms with Crippen molar-refractivity contribution in [2.45, 2.75) is 5.92 Å². The Hall–Kier alpha value is -1.99. The van der Waals surface area contributed by atoms with Crippen LogP contribution in [0.5, 0.6) is 0 Å².